The second-order valence-corrected chi connectivity index (χ2v) is 8.35. The Kier molecular flexibility index (Phi) is 6.60. The van der Waals surface area contributed by atoms with Crippen molar-refractivity contribution in [1.29, 1.82) is 0 Å². The smallest absolute Gasteiger partial charge is 0.416 e. The van der Waals surface area contributed by atoms with Crippen LogP contribution in [0.5, 0.6) is 5.75 Å². The lowest BCUT2D eigenvalue weighted by Crippen LogP contribution is -2.55. The Hall–Kier alpha value is -2.74. The highest BCUT2D eigenvalue weighted by Crippen LogP contribution is 2.32. The fraction of sp³-hybridized carbons (Fsp3) is 0.458. The van der Waals surface area contributed by atoms with Crippen molar-refractivity contribution in [2.24, 2.45) is 0 Å². The lowest BCUT2D eigenvalue weighted by atomic mass is 10.0. The van der Waals surface area contributed by atoms with Gasteiger partial charge in [-0.25, -0.2) is 0 Å². The molecular formula is C24H28F3N3O2. The molecule has 32 heavy (non-hydrogen) atoms. The molecule has 1 unspecified atom stereocenters. The number of methoxy groups -OCH3 is 1. The second kappa shape index (κ2) is 9.40. The van der Waals surface area contributed by atoms with E-state index >= 15 is 0 Å². The highest BCUT2D eigenvalue weighted by molar-refractivity contribution is 5.94. The van der Waals surface area contributed by atoms with Gasteiger partial charge in [0.05, 0.1) is 12.7 Å². The van der Waals surface area contributed by atoms with E-state index in [4.69, 9.17) is 4.74 Å². The molecule has 0 aliphatic carbocycles. The minimum Gasteiger partial charge on any atom is -0.497 e. The number of piperidine rings is 1. The molecule has 2 fully saturated rings. The number of nitrogens with zero attached hydrogens (tertiary/aromatic N) is 3. The molecule has 2 saturated heterocycles. The summed E-state index contributed by atoms with van der Waals surface area (Å²) in [7, 11) is 1.58. The van der Waals surface area contributed by atoms with E-state index in [1.54, 1.807) is 19.2 Å². The summed E-state index contributed by atoms with van der Waals surface area (Å²) in [5.74, 6) is 0.673. The van der Waals surface area contributed by atoms with Gasteiger partial charge in [-0.3, -0.25) is 9.69 Å². The summed E-state index contributed by atoms with van der Waals surface area (Å²) in [5.41, 5.74) is 0.619. The number of carbonyl (C=O) groups is 1. The van der Waals surface area contributed by atoms with Gasteiger partial charge in [-0.2, -0.15) is 13.2 Å². The molecule has 4 rings (SSSR count). The lowest BCUT2D eigenvalue weighted by Gasteiger charge is -2.44. The molecule has 0 radical (unpaired) electrons. The highest BCUT2D eigenvalue weighted by Gasteiger charge is 2.33. The summed E-state index contributed by atoms with van der Waals surface area (Å²) >= 11 is 0. The van der Waals surface area contributed by atoms with Crippen LogP contribution >= 0.6 is 0 Å². The van der Waals surface area contributed by atoms with Gasteiger partial charge >= 0.3 is 6.18 Å². The summed E-state index contributed by atoms with van der Waals surface area (Å²) in [6.07, 6.45) is -2.38. The van der Waals surface area contributed by atoms with Crippen LogP contribution in [0.3, 0.4) is 0 Å². The first kappa shape index (κ1) is 22.5. The molecule has 1 amide bonds. The van der Waals surface area contributed by atoms with E-state index in [9.17, 15) is 18.0 Å². The summed E-state index contributed by atoms with van der Waals surface area (Å²) in [5, 5.41) is 0. The molecule has 1 atom stereocenters. The predicted octanol–water partition coefficient (Wildman–Crippen LogP) is 4.14. The molecule has 2 aromatic carbocycles. The maximum Gasteiger partial charge on any atom is 0.416 e. The zero-order valence-corrected chi connectivity index (χ0v) is 18.1. The number of anilines is 1. The third-order valence-corrected chi connectivity index (χ3v) is 6.37. The molecule has 2 aliphatic rings. The minimum absolute atomic E-state index is 0.0104. The molecule has 172 valence electrons. The Morgan fingerprint density at radius 1 is 1.00 bits per heavy atom. The average molecular weight is 448 g/mol. The molecule has 5 nitrogen and oxygen atoms in total. The number of benzene rings is 2. The number of alkyl halides is 3. The Balaban J connectivity index is 1.36. The average Bonchev–Trinajstić information content (AvgIpc) is 2.83. The van der Waals surface area contributed by atoms with Gasteiger partial charge in [0.1, 0.15) is 5.75 Å². The monoisotopic (exact) mass is 447 g/mol. The topological polar surface area (TPSA) is 36.0 Å². The molecule has 0 spiro atoms. The van der Waals surface area contributed by atoms with E-state index in [1.165, 1.54) is 12.1 Å². The van der Waals surface area contributed by atoms with Gasteiger partial charge in [-0.15, -0.1) is 0 Å². The maximum atomic E-state index is 13.0. The van der Waals surface area contributed by atoms with Crippen molar-refractivity contribution in [3.8, 4) is 5.75 Å². The number of amides is 1. The van der Waals surface area contributed by atoms with Crippen molar-refractivity contribution >= 4 is 11.6 Å². The highest BCUT2D eigenvalue weighted by atomic mass is 19.4. The molecule has 2 heterocycles. The van der Waals surface area contributed by atoms with Crippen molar-refractivity contribution in [2.75, 3.05) is 51.3 Å². The number of halogens is 3. The largest absolute Gasteiger partial charge is 0.497 e. The Morgan fingerprint density at radius 2 is 1.75 bits per heavy atom. The van der Waals surface area contributed by atoms with E-state index in [1.807, 2.05) is 28.0 Å². The van der Waals surface area contributed by atoms with Crippen LogP contribution < -0.4 is 9.64 Å². The standard InChI is InChI=1S/C24H28F3N3O2/c1-32-22-9-2-5-18(15-22)23(31)30-10-4-8-21(17-30)29-13-11-28(12-14-29)20-7-3-6-19(16-20)24(25,26)27/h2-3,5-7,9,15-16,21H,4,8,10-14,17H2,1H3. The van der Waals surface area contributed by atoms with Gasteiger partial charge in [0.15, 0.2) is 0 Å². The van der Waals surface area contributed by atoms with Crippen molar-refractivity contribution in [3.63, 3.8) is 0 Å². The number of piperazine rings is 1. The van der Waals surface area contributed by atoms with Crippen molar-refractivity contribution in [1.82, 2.24) is 9.80 Å². The fourth-order valence-corrected chi connectivity index (χ4v) is 4.60. The zero-order chi connectivity index (χ0) is 22.7. The first-order valence-electron chi connectivity index (χ1n) is 10.9. The van der Waals surface area contributed by atoms with Crippen LogP contribution in [0.25, 0.3) is 0 Å². The van der Waals surface area contributed by atoms with Gasteiger partial charge in [-0.05, 0) is 49.2 Å². The summed E-state index contributed by atoms with van der Waals surface area (Å²) < 4.78 is 44.4. The third-order valence-electron chi connectivity index (χ3n) is 6.37. The maximum absolute atomic E-state index is 13.0. The van der Waals surface area contributed by atoms with Crippen molar-refractivity contribution in [3.05, 3.63) is 59.7 Å². The van der Waals surface area contributed by atoms with Gasteiger partial charge in [-0.1, -0.05) is 12.1 Å². The van der Waals surface area contributed by atoms with E-state index < -0.39 is 11.7 Å². The Labute approximate surface area is 186 Å². The van der Waals surface area contributed by atoms with Crippen LogP contribution in [0.2, 0.25) is 0 Å². The second-order valence-electron chi connectivity index (χ2n) is 8.35. The molecule has 0 N–H and O–H groups in total. The van der Waals surface area contributed by atoms with Crippen LogP contribution in [0.4, 0.5) is 18.9 Å². The number of ether oxygens (including phenoxy) is 1. The summed E-state index contributed by atoms with van der Waals surface area (Å²) in [6, 6.07) is 13.0. The molecule has 8 heteroatoms. The molecule has 2 aliphatic heterocycles. The third kappa shape index (κ3) is 5.01. The van der Waals surface area contributed by atoms with Crippen LogP contribution in [-0.4, -0.2) is 68.1 Å². The van der Waals surface area contributed by atoms with Crippen LogP contribution in [0, 0.1) is 0 Å². The van der Waals surface area contributed by atoms with E-state index in [2.05, 4.69) is 4.90 Å². The zero-order valence-electron chi connectivity index (χ0n) is 18.1. The quantitative estimate of drug-likeness (QED) is 0.706. The van der Waals surface area contributed by atoms with Gasteiger partial charge in [0, 0.05) is 56.6 Å². The summed E-state index contributed by atoms with van der Waals surface area (Å²) in [6.45, 7) is 4.27. The van der Waals surface area contributed by atoms with Gasteiger partial charge in [0.2, 0.25) is 0 Å². The number of hydrogen-bond acceptors (Lipinski definition) is 4. The van der Waals surface area contributed by atoms with Crippen LogP contribution in [-0.2, 0) is 6.18 Å². The van der Waals surface area contributed by atoms with E-state index in [0.29, 0.717) is 36.6 Å². The van der Waals surface area contributed by atoms with E-state index in [-0.39, 0.29) is 11.9 Å². The Morgan fingerprint density at radius 3 is 2.47 bits per heavy atom. The van der Waals surface area contributed by atoms with Crippen molar-refractivity contribution < 1.29 is 22.7 Å². The number of carbonyl (C=O) groups excluding carboxylic acids is 1. The SMILES string of the molecule is COc1cccc(C(=O)N2CCCC(N3CCN(c4cccc(C(F)(F)F)c4)CC3)C2)c1. The number of hydrogen-bond donors (Lipinski definition) is 0. The molecular weight excluding hydrogens is 419 g/mol. The summed E-state index contributed by atoms with van der Waals surface area (Å²) in [4.78, 5) is 19.3. The Bertz CT molecular complexity index is 942. The first-order valence-corrected chi connectivity index (χ1v) is 10.9. The normalized spacial score (nSPS) is 20.3. The minimum atomic E-state index is -4.33. The van der Waals surface area contributed by atoms with Gasteiger partial charge < -0.3 is 14.5 Å². The molecule has 0 saturated carbocycles. The predicted molar refractivity (Wildman–Crippen MR) is 117 cm³/mol. The van der Waals surface area contributed by atoms with Crippen LogP contribution in [0.1, 0.15) is 28.8 Å². The van der Waals surface area contributed by atoms with Crippen LogP contribution in [0.15, 0.2) is 48.5 Å². The van der Waals surface area contributed by atoms with Gasteiger partial charge in [0.25, 0.3) is 5.91 Å². The first-order chi connectivity index (χ1) is 15.3. The molecule has 0 aromatic heterocycles. The fourth-order valence-electron chi connectivity index (χ4n) is 4.60. The van der Waals surface area contributed by atoms with E-state index in [0.717, 1.165) is 38.5 Å². The number of rotatable bonds is 4. The molecule has 2 aromatic rings. The molecule has 0 bridgehead atoms. The van der Waals surface area contributed by atoms with Crippen molar-refractivity contribution in [2.45, 2.75) is 25.1 Å². The lowest BCUT2D eigenvalue weighted by molar-refractivity contribution is -0.137. The number of likely N-dealkylation sites (tertiary alicyclic amines) is 1.